The van der Waals surface area contributed by atoms with Gasteiger partial charge in [-0.05, 0) is 60.7 Å². The summed E-state index contributed by atoms with van der Waals surface area (Å²) >= 11 is 7.05. The number of hydrogen-bond donors (Lipinski definition) is 1. The number of nitrogens with zero attached hydrogens (tertiary/aromatic N) is 1. The number of sulfonamides is 1. The monoisotopic (exact) mass is 574 g/mol. The van der Waals surface area contributed by atoms with Crippen LogP contribution in [0.1, 0.15) is 15.9 Å². The van der Waals surface area contributed by atoms with Crippen LogP contribution in [0.4, 0.5) is 23.2 Å². The molecule has 4 rings (SSSR count). The lowest BCUT2D eigenvalue weighted by molar-refractivity contribution is -0.137. The highest BCUT2D eigenvalue weighted by Crippen LogP contribution is 2.36. The van der Waals surface area contributed by atoms with E-state index < -0.39 is 33.5 Å². The van der Waals surface area contributed by atoms with E-state index in [-0.39, 0.29) is 52.4 Å². The van der Waals surface area contributed by atoms with E-state index in [0.717, 1.165) is 30.0 Å². The Morgan fingerprint density at radius 2 is 1.68 bits per heavy atom. The molecule has 0 radical (unpaired) electrons. The van der Waals surface area contributed by atoms with Gasteiger partial charge < -0.3 is 10.1 Å². The van der Waals surface area contributed by atoms with Crippen LogP contribution in [0, 0.1) is 5.82 Å². The van der Waals surface area contributed by atoms with E-state index in [9.17, 15) is 30.8 Å². The smallest absolute Gasteiger partial charge is 0.379 e. The van der Waals surface area contributed by atoms with Crippen molar-refractivity contribution in [1.82, 2.24) is 4.31 Å². The number of amides is 1. The van der Waals surface area contributed by atoms with E-state index in [0.29, 0.717) is 11.0 Å². The Balaban J connectivity index is 1.71. The molecule has 3 aromatic rings. The van der Waals surface area contributed by atoms with Crippen LogP contribution in [-0.2, 0) is 20.9 Å². The maximum atomic E-state index is 13.5. The highest BCUT2D eigenvalue weighted by atomic mass is 35.5. The van der Waals surface area contributed by atoms with Crippen molar-refractivity contribution in [3.8, 4) is 0 Å². The molecule has 196 valence electrons. The quantitative estimate of drug-likeness (QED) is 0.370. The van der Waals surface area contributed by atoms with Gasteiger partial charge in [0, 0.05) is 28.4 Å². The van der Waals surface area contributed by atoms with Crippen molar-refractivity contribution in [2.24, 2.45) is 0 Å². The summed E-state index contributed by atoms with van der Waals surface area (Å²) in [5.41, 5.74) is -1.39. The van der Waals surface area contributed by atoms with Gasteiger partial charge in [-0.2, -0.15) is 17.5 Å². The summed E-state index contributed by atoms with van der Waals surface area (Å²) in [5.74, 6) is -1.30. The van der Waals surface area contributed by atoms with Gasteiger partial charge in [0.15, 0.2) is 0 Å². The molecule has 6 nitrogen and oxygen atoms in total. The number of ether oxygens (including phenoxy) is 1. The second kappa shape index (κ2) is 11.0. The number of hydrogen-bond acceptors (Lipinski definition) is 5. The second-order valence-electron chi connectivity index (χ2n) is 7.88. The van der Waals surface area contributed by atoms with Gasteiger partial charge >= 0.3 is 6.18 Å². The zero-order valence-electron chi connectivity index (χ0n) is 18.9. The molecule has 1 fully saturated rings. The summed E-state index contributed by atoms with van der Waals surface area (Å²) < 4.78 is 86.2. The molecule has 1 aliphatic rings. The molecule has 1 heterocycles. The van der Waals surface area contributed by atoms with Crippen LogP contribution >= 0.6 is 23.4 Å². The number of nitrogens with one attached hydrogen (secondary N) is 1. The van der Waals surface area contributed by atoms with Crippen LogP contribution in [0.5, 0.6) is 0 Å². The van der Waals surface area contributed by atoms with Crippen LogP contribution in [0.2, 0.25) is 5.02 Å². The normalized spacial score (nSPS) is 14.9. The van der Waals surface area contributed by atoms with Crippen molar-refractivity contribution in [3.05, 3.63) is 82.6 Å². The Kier molecular flexibility index (Phi) is 8.14. The summed E-state index contributed by atoms with van der Waals surface area (Å²) in [6.07, 6.45) is -4.65. The summed E-state index contributed by atoms with van der Waals surface area (Å²) in [6.45, 7) is 0.625. The van der Waals surface area contributed by atoms with Gasteiger partial charge in [0.25, 0.3) is 5.91 Å². The van der Waals surface area contributed by atoms with E-state index >= 15 is 0 Å². The largest absolute Gasteiger partial charge is 0.416 e. The molecule has 1 saturated heterocycles. The second-order valence-corrected chi connectivity index (χ2v) is 11.3. The Hall–Kier alpha value is -2.64. The average Bonchev–Trinajstić information content (AvgIpc) is 2.86. The maximum absolute atomic E-state index is 13.5. The summed E-state index contributed by atoms with van der Waals surface area (Å²) in [6, 6.07) is 11.9. The lowest BCUT2D eigenvalue weighted by Gasteiger charge is -2.27. The fraction of sp³-hybridized carbons (Fsp3) is 0.208. The van der Waals surface area contributed by atoms with Crippen molar-refractivity contribution < 1.29 is 35.5 Å². The standard InChI is InChI=1S/C24H19ClF4N2O4S2/c25-19-7-2-16(24(27,28)29)14-20(19)30-23(32)15-1-8-21(36-18-5-3-17(26)4-6-18)22(13-15)37(33,34)31-9-11-35-12-10-31/h1-8,13-14H,9-12H2,(H,30,32). The molecule has 3 aromatic carbocycles. The fourth-order valence-corrected chi connectivity index (χ4v) is 6.42. The number of anilines is 1. The minimum atomic E-state index is -4.65. The molecule has 0 atom stereocenters. The fourth-order valence-electron chi connectivity index (χ4n) is 3.48. The highest BCUT2D eigenvalue weighted by Gasteiger charge is 2.32. The zero-order chi connectivity index (χ0) is 26.8. The molecular weight excluding hydrogens is 556 g/mol. The van der Waals surface area contributed by atoms with Gasteiger partial charge in [-0.3, -0.25) is 4.79 Å². The molecule has 0 bridgehead atoms. The molecule has 0 unspecified atom stereocenters. The molecular formula is C24H19ClF4N2O4S2. The topological polar surface area (TPSA) is 75.7 Å². The minimum absolute atomic E-state index is 0.108. The lowest BCUT2D eigenvalue weighted by atomic mass is 10.1. The predicted molar refractivity (Wildman–Crippen MR) is 131 cm³/mol. The van der Waals surface area contributed by atoms with Gasteiger partial charge in [0.1, 0.15) is 5.82 Å². The van der Waals surface area contributed by atoms with Crippen molar-refractivity contribution in [1.29, 1.82) is 0 Å². The third kappa shape index (κ3) is 6.44. The van der Waals surface area contributed by atoms with E-state index in [1.54, 1.807) is 0 Å². The summed E-state index contributed by atoms with van der Waals surface area (Å²) in [5, 5.41) is 2.21. The molecule has 0 saturated carbocycles. The minimum Gasteiger partial charge on any atom is -0.379 e. The number of rotatable bonds is 6. The highest BCUT2D eigenvalue weighted by molar-refractivity contribution is 8.00. The average molecular weight is 575 g/mol. The zero-order valence-corrected chi connectivity index (χ0v) is 21.3. The molecule has 37 heavy (non-hydrogen) atoms. The van der Waals surface area contributed by atoms with Crippen LogP contribution in [0.3, 0.4) is 0 Å². The first-order chi connectivity index (χ1) is 17.4. The van der Waals surface area contributed by atoms with Gasteiger partial charge in [0.2, 0.25) is 10.0 Å². The summed E-state index contributed by atoms with van der Waals surface area (Å²) in [7, 11) is -4.08. The first-order valence-electron chi connectivity index (χ1n) is 10.8. The molecule has 1 amide bonds. The van der Waals surface area contributed by atoms with Gasteiger partial charge in [-0.1, -0.05) is 23.4 Å². The van der Waals surface area contributed by atoms with Crippen molar-refractivity contribution >= 4 is 45.0 Å². The molecule has 13 heteroatoms. The lowest BCUT2D eigenvalue weighted by Crippen LogP contribution is -2.40. The Morgan fingerprint density at radius 3 is 2.32 bits per heavy atom. The Morgan fingerprint density at radius 1 is 1.00 bits per heavy atom. The van der Waals surface area contributed by atoms with E-state index in [2.05, 4.69) is 5.32 Å². The van der Waals surface area contributed by atoms with Gasteiger partial charge in [-0.15, -0.1) is 0 Å². The van der Waals surface area contributed by atoms with Crippen molar-refractivity contribution in [2.75, 3.05) is 31.6 Å². The van der Waals surface area contributed by atoms with Crippen molar-refractivity contribution in [3.63, 3.8) is 0 Å². The molecule has 1 N–H and O–H groups in total. The molecule has 0 spiro atoms. The van der Waals surface area contributed by atoms with Gasteiger partial charge in [-0.25, -0.2) is 12.8 Å². The number of morpholine rings is 1. The Labute approximate surface area is 219 Å². The number of carbonyl (C=O) groups is 1. The first-order valence-corrected chi connectivity index (χ1v) is 13.4. The molecule has 1 aliphatic heterocycles. The molecule has 0 aliphatic carbocycles. The SMILES string of the molecule is O=C(Nc1cc(C(F)(F)F)ccc1Cl)c1ccc(Sc2ccc(F)cc2)c(S(=O)(=O)N2CCOCC2)c1. The number of halogens is 5. The Bertz CT molecular complexity index is 1410. The number of alkyl halides is 3. The van der Waals surface area contributed by atoms with Crippen LogP contribution in [0.25, 0.3) is 0 Å². The summed E-state index contributed by atoms with van der Waals surface area (Å²) in [4.78, 5) is 13.6. The number of carbonyl (C=O) groups excluding carboxylic acids is 1. The third-order valence-corrected chi connectivity index (χ3v) is 8.86. The number of benzene rings is 3. The molecule has 0 aromatic heterocycles. The first kappa shape index (κ1) is 27.4. The third-order valence-electron chi connectivity index (χ3n) is 5.38. The van der Waals surface area contributed by atoms with Crippen LogP contribution < -0.4 is 5.32 Å². The van der Waals surface area contributed by atoms with Gasteiger partial charge in [0.05, 0.1) is 34.4 Å². The van der Waals surface area contributed by atoms with Crippen LogP contribution in [-0.4, -0.2) is 44.9 Å². The van der Waals surface area contributed by atoms with E-state index in [1.165, 1.54) is 40.7 Å². The van der Waals surface area contributed by atoms with Crippen molar-refractivity contribution in [2.45, 2.75) is 20.9 Å². The van der Waals surface area contributed by atoms with Crippen LogP contribution in [0.15, 0.2) is 75.4 Å². The predicted octanol–water partition coefficient (Wildman–Crippen LogP) is 5.92. The maximum Gasteiger partial charge on any atom is 0.416 e. The van der Waals surface area contributed by atoms with E-state index in [1.807, 2.05) is 0 Å². The van der Waals surface area contributed by atoms with E-state index in [4.69, 9.17) is 16.3 Å².